The number of carboxylic acids is 1. The van der Waals surface area contributed by atoms with Crippen LogP contribution in [0, 0.1) is 37.8 Å². The molecule has 4 rings (SSSR count). The molecule has 2 amide bonds. The number of Topliss-reactive ketones (excluding diaryl/α,β-unsaturated/α-hetero) is 1. The lowest BCUT2D eigenvalue weighted by atomic mass is 10.0. The van der Waals surface area contributed by atoms with Crippen molar-refractivity contribution in [3.05, 3.63) is 83.4 Å². The molecule has 3 aromatic carbocycles. The van der Waals surface area contributed by atoms with Crippen LogP contribution in [0.3, 0.4) is 0 Å². The first-order valence-electron chi connectivity index (χ1n) is 10.3. The predicted molar refractivity (Wildman–Crippen MR) is 122 cm³/mol. The van der Waals surface area contributed by atoms with Gasteiger partial charge in [0.15, 0.2) is 5.78 Å². The number of urea groups is 1. The quantitative estimate of drug-likeness (QED) is 0.477. The van der Waals surface area contributed by atoms with Gasteiger partial charge in [-0.25, -0.2) is 4.79 Å². The van der Waals surface area contributed by atoms with Gasteiger partial charge in [-0.1, -0.05) is 36.4 Å². The van der Waals surface area contributed by atoms with Gasteiger partial charge in [-0.3, -0.25) is 9.59 Å². The Hall–Kier alpha value is -4.11. The van der Waals surface area contributed by atoms with Gasteiger partial charge in [0.05, 0.1) is 11.5 Å². The van der Waals surface area contributed by atoms with Crippen LogP contribution in [-0.2, 0) is 4.79 Å². The molecule has 0 saturated heterocycles. The summed E-state index contributed by atoms with van der Waals surface area (Å²) in [4.78, 5) is 35.6. The second kappa shape index (κ2) is 8.56. The first kappa shape index (κ1) is 21.1. The van der Waals surface area contributed by atoms with Crippen molar-refractivity contribution in [2.24, 2.45) is 11.8 Å². The number of carbonyl (C=O) groups is 3. The Bertz CT molecular complexity index is 1180. The summed E-state index contributed by atoms with van der Waals surface area (Å²) in [5.41, 5.74) is 5.48. The summed E-state index contributed by atoms with van der Waals surface area (Å²) in [5, 5.41) is 14.7. The maximum Gasteiger partial charge on any atom is 0.323 e. The maximum absolute atomic E-state index is 12.3. The van der Waals surface area contributed by atoms with Crippen LogP contribution in [0.25, 0.3) is 11.1 Å². The predicted octanol–water partition coefficient (Wildman–Crippen LogP) is 5.12. The molecule has 0 heterocycles. The number of anilines is 2. The number of benzene rings is 2. The van der Waals surface area contributed by atoms with Crippen LogP contribution in [-0.4, -0.2) is 22.9 Å². The Morgan fingerprint density at radius 2 is 1.66 bits per heavy atom. The van der Waals surface area contributed by atoms with Crippen LogP contribution in [0.1, 0.15) is 27.9 Å². The normalized spacial score (nSPS) is 16.6. The fourth-order valence-electron chi connectivity index (χ4n) is 3.56. The van der Waals surface area contributed by atoms with Crippen LogP contribution >= 0.6 is 0 Å². The summed E-state index contributed by atoms with van der Waals surface area (Å²) < 4.78 is 0. The number of hydrogen-bond donors (Lipinski definition) is 3. The van der Waals surface area contributed by atoms with E-state index >= 15 is 0 Å². The molecular formula is C26H22N2O4. The van der Waals surface area contributed by atoms with Gasteiger partial charge in [0.25, 0.3) is 0 Å². The Balaban J connectivity index is 1.38. The zero-order valence-electron chi connectivity index (χ0n) is 17.7. The Morgan fingerprint density at radius 1 is 0.906 bits per heavy atom. The number of hydrogen-bond acceptors (Lipinski definition) is 3. The van der Waals surface area contributed by atoms with E-state index in [4.69, 9.17) is 5.11 Å². The minimum atomic E-state index is -0.930. The van der Waals surface area contributed by atoms with Gasteiger partial charge >= 0.3 is 12.0 Å². The van der Waals surface area contributed by atoms with Gasteiger partial charge in [0, 0.05) is 22.9 Å². The smallest absolute Gasteiger partial charge is 0.323 e. The van der Waals surface area contributed by atoms with E-state index in [2.05, 4.69) is 22.8 Å². The Labute approximate surface area is 186 Å². The van der Waals surface area contributed by atoms with Crippen molar-refractivity contribution >= 4 is 29.2 Å². The highest BCUT2D eigenvalue weighted by molar-refractivity contribution is 6.02. The van der Waals surface area contributed by atoms with Crippen molar-refractivity contribution in [3.63, 3.8) is 0 Å². The topological polar surface area (TPSA) is 95.5 Å². The van der Waals surface area contributed by atoms with Crippen LogP contribution in [0.4, 0.5) is 16.2 Å². The lowest BCUT2D eigenvalue weighted by molar-refractivity contribution is -0.138. The van der Waals surface area contributed by atoms with Gasteiger partial charge < -0.3 is 15.7 Å². The molecule has 6 heteroatoms. The van der Waals surface area contributed by atoms with Gasteiger partial charge in [0.2, 0.25) is 0 Å². The molecule has 0 unspecified atom stereocenters. The van der Waals surface area contributed by atoms with E-state index in [9.17, 15) is 14.4 Å². The number of ketones is 1. The summed E-state index contributed by atoms with van der Waals surface area (Å²) >= 11 is 0. The van der Waals surface area contributed by atoms with Crippen molar-refractivity contribution in [2.45, 2.75) is 20.3 Å². The molecule has 2 atom stereocenters. The van der Waals surface area contributed by atoms with Gasteiger partial charge in [0.1, 0.15) is 0 Å². The fourth-order valence-corrected chi connectivity index (χ4v) is 3.56. The SMILES string of the molecule is Cc1cccc(NC(=O)Nc2ccc(-c3c#cc(C(=O)[C@@H]4C[C@H]4C(=O)O)cc3)cc2)c1C. The molecule has 3 aromatic rings. The van der Waals surface area contributed by atoms with Crippen molar-refractivity contribution < 1.29 is 19.5 Å². The highest BCUT2D eigenvalue weighted by atomic mass is 16.4. The lowest BCUT2D eigenvalue weighted by Crippen LogP contribution is -2.20. The van der Waals surface area contributed by atoms with Crippen molar-refractivity contribution in [3.8, 4) is 11.1 Å². The number of amides is 2. The van der Waals surface area contributed by atoms with Crippen molar-refractivity contribution in [1.29, 1.82) is 0 Å². The van der Waals surface area contributed by atoms with E-state index in [0.717, 1.165) is 27.9 Å². The molecule has 3 N–H and O–H groups in total. The number of rotatable bonds is 6. The monoisotopic (exact) mass is 426 g/mol. The standard InChI is InChI=1S/C26H22N2O4/c1-15-4-3-5-23(16(15)2)28-26(32)27-20-12-10-18(11-13-20)17-6-8-19(9-7-17)24(29)21-14-22(21)25(30)31/h3-6,8,10-13,21-22H,14H2,1-2H3,(H,30,31)(H2,27,28,32)/t21-,22-/m1/s1. The Morgan fingerprint density at radius 3 is 2.28 bits per heavy atom. The van der Waals surface area contributed by atoms with Crippen molar-refractivity contribution in [1.82, 2.24) is 0 Å². The number of carbonyl (C=O) groups excluding carboxylic acids is 2. The van der Waals surface area contributed by atoms with Crippen LogP contribution in [0.5, 0.6) is 0 Å². The van der Waals surface area contributed by atoms with Gasteiger partial charge in [-0.15, -0.1) is 0 Å². The maximum atomic E-state index is 12.3. The fraction of sp³-hybridized carbons (Fsp3) is 0.192. The minimum absolute atomic E-state index is 0.199. The summed E-state index contributed by atoms with van der Waals surface area (Å²) in [6.45, 7) is 3.95. The van der Waals surface area contributed by atoms with E-state index in [1.807, 2.05) is 44.2 Å². The number of aliphatic carboxylic acids is 1. The molecule has 0 spiro atoms. The average Bonchev–Trinajstić information content (AvgIpc) is 3.58. The van der Waals surface area contributed by atoms with E-state index < -0.39 is 17.8 Å². The number of aryl methyl sites for hydroxylation is 1. The van der Waals surface area contributed by atoms with Crippen LogP contribution in [0.2, 0.25) is 0 Å². The zero-order chi connectivity index (χ0) is 22.8. The molecule has 0 bridgehead atoms. The second-order valence-corrected chi connectivity index (χ2v) is 7.97. The zero-order valence-corrected chi connectivity index (χ0v) is 17.7. The van der Waals surface area contributed by atoms with Crippen molar-refractivity contribution in [2.75, 3.05) is 10.6 Å². The average molecular weight is 426 g/mol. The van der Waals surface area contributed by atoms with Crippen LogP contribution in [0.15, 0.2) is 54.6 Å². The molecule has 0 radical (unpaired) electrons. The summed E-state index contributed by atoms with van der Waals surface area (Å²) in [6, 6.07) is 21.9. The highest BCUT2D eigenvalue weighted by Gasteiger charge is 2.48. The van der Waals surface area contributed by atoms with E-state index in [0.29, 0.717) is 17.7 Å². The molecular weight excluding hydrogens is 404 g/mol. The van der Waals surface area contributed by atoms with E-state index in [1.54, 1.807) is 24.3 Å². The first-order valence-corrected chi connectivity index (χ1v) is 10.3. The number of carboxylic acid groups (broad SMARTS) is 1. The van der Waals surface area contributed by atoms with Crippen LogP contribution < -0.4 is 10.6 Å². The summed E-state index contributed by atoms with van der Waals surface area (Å²) in [7, 11) is 0. The molecule has 1 fully saturated rings. The first-order chi connectivity index (χ1) is 15.3. The van der Waals surface area contributed by atoms with Gasteiger partial charge in [-0.05, 0) is 67.3 Å². The third-order valence-corrected chi connectivity index (χ3v) is 5.76. The molecule has 1 saturated carbocycles. The largest absolute Gasteiger partial charge is 0.481 e. The van der Waals surface area contributed by atoms with E-state index in [-0.39, 0.29) is 11.8 Å². The highest BCUT2D eigenvalue weighted by Crippen LogP contribution is 2.41. The summed E-state index contributed by atoms with van der Waals surface area (Å²) in [6.07, 6.45) is 0.384. The lowest BCUT2D eigenvalue weighted by Gasteiger charge is -2.11. The van der Waals surface area contributed by atoms with Gasteiger partial charge in [-0.2, -0.15) is 0 Å². The molecule has 32 heavy (non-hydrogen) atoms. The third kappa shape index (κ3) is 4.47. The third-order valence-electron chi connectivity index (χ3n) is 5.76. The molecule has 1 aliphatic rings. The van der Waals surface area contributed by atoms with E-state index in [1.165, 1.54) is 0 Å². The molecule has 6 nitrogen and oxygen atoms in total. The molecule has 160 valence electrons. The molecule has 0 aromatic heterocycles. The molecule has 1 aliphatic carbocycles. The summed E-state index contributed by atoms with van der Waals surface area (Å²) in [5.74, 6) is -2.17. The second-order valence-electron chi connectivity index (χ2n) is 7.97. The Kier molecular flexibility index (Phi) is 5.65. The number of nitrogens with one attached hydrogen (secondary N) is 2. The minimum Gasteiger partial charge on any atom is -0.481 e. The molecule has 0 aliphatic heterocycles.